The van der Waals surface area contributed by atoms with Crippen molar-refractivity contribution in [3.8, 4) is 0 Å². The normalized spacial score (nSPS) is 13.1. The monoisotopic (exact) mass is 342 g/mol. The van der Waals surface area contributed by atoms with Gasteiger partial charge in [-0.25, -0.2) is 0 Å². The Morgan fingerprint density at radius 2 is 2.17 bits per heavy atom. The van der Waals surface area contributed by atoms with Crippen molar-refractivity contribution in [1.29, 1.82) is 0 Å². The second-order valence-electron chi connectivity index (χ2n) is 3.89. The van der Waals surface area contributed by atoms with E-state index in [1.165, 1.54) is 11.3 Å². The predicted octanol–water partition coefficient (Wildman–Crippen LogP) is 4.99. The molecule has 18 heavy (non-hydrogen) atoms. The quantitative estimate of drug-likeness (QED) is 0.711. The predicted molar refractivity (Wildman–Crippen MR) is 77.3 cm³/mol. The van der Waals surface area contributed by atoms with Crippen molar-refractivity contribution in [2.75, 3.05) is 0 Å². The Kier molecular flexibility index (Phi) is 3.20. The molecule has 1 aromatic carbocycles. The Balaban J connectivity index is 2.06. The zero-order valence-electron chi connectivity index (χ0n) is 9.06. The number of rotatable bonds is 2. The summed E-state index contributed by atoms with van der Waals surface area (Å²) in [6, 6.07) is 9.23. The third kappa shape index (κ3) is 2.10. The molecule has 3 aromatic rings. The molecule has 5 heteroatoms. The van der Waals surface area contributed by atoms with Crippen molar-refractivity contribution < 1.29 is 9.52 Å². The molecule has 0 amide bonds. The number of hydrogen-bond donors (Lipinski definition) is 1. The summed E-state index contributed by atoms with van der Waals surface area (Å²) >= 11 is 10.9. The maximum absolute atomic E-state index is 10.2. The molecule has 2 heterocycles. The summed E-state index contributed by atoms with van der Waals surface area (Å²) in [6.45, 7) is 0. The number of fused-ring (bicyclic) bond motifs is 1. The van der Waals surface area contributed by atoms with Crippen LogP contribution in [-0.4, -0.2) is 5.11 Å². The van der Waals surface area contributed by atoms with Crippen LogP contribution in [0.3, 0.4) is 0 Å². The summed E-state index contributed by atoms with van der Waals surface area (Å²) in [7, 11) is 0. The molecule has 2 aromatic heterocycles. The van der Waals surface area contributed by atoms with Crippen molar-refractivity contribution >= 4 is 49.8 Å². The summed E-state index contributed by atoms with van der Waals surface area (Å²) < 4.78 is 6.61. The topological polar surface area (TPSA) is 33.4 Å². The molecule has 0 bridgehead atoms. The number of halogens is 2. The minimum absolute atomic E-state index is 0.503. The van der Waals surface area contributed by atoms with Crippen LogP contribution in [-0.2, 0) is 0 Å². The van der Waals surface area contributed by atoms with Gasteiger partial charge in [0.05, 0.1) is 8.81 Å². The van der Waals surface area contributed by atoms with Crippen LogP contribution in [0.2, 0.25) is 5.02 Å². The average molecular weight is 344 g/mol. The molecule has 92 valence electrons. The van der Waals surface area contributed by atoms with E-state index in [9.17, 15) is 5.11 Å². The molecule has 1 atom stereocenters. The lowest BCUT2D eigenvalue weighted by molar-refractivity contribution is 0.193. The molecule has 0 aliphatic carbocycles. The summed E-state index contributed by atoms with van der Waals surface area (Å²) in [5.74, 6) is 0.503. The molecule has 0 spiro atoms. The summed E-state index contributed by atoms with van der Waals surface area (Å²) in [6.07, 6.45) is -0.768. The van der Waals surface area contributed by atoms with E-state index in [-0.39, 0.29) is 0 Å². The number of thiophene rings is 1. The summed E-state index contributed by atoms with van der Waals surface area (Å²) in [5.41, 5.74) is 1.42. The molecule has 3 rings (SSSR count). The molecule has 0 radical (unpaired) electrons. The lowest BCUT2D eigenvalue weighted by atomic mass is 10.1. The first-order valence-electron chi connectivity index (χ1n) is 5.25. The van der Waals surface area contributed by atoms with Gasteiger partial charge in [-0.3, -0.25) is 0 Å². The Bertz CT molecular complexity index is 704. The Morgan fingerprint density at radius 1 is 1.33 bits per heavy atom. The van der Waals surface area contributed by atoms with Gasteiger partial charge in [0.15, 0.2) is 5.58 Å². The average Bonchev–Trinajstić information content (AvgIpc) is 2.95. The van der Waals surface area contributed by atoms with Gasteiger partial charge < -0.3 is 9.52 Å². The zero-order valence-corrected chi connectivity index (χ0v) is 12.2. The van der Waals surface area contributed by atoms with Crippen molar-refractivity contribution in [2.24, 2.45) is 0 Å². The summed E-state index contributed by atoms with van der Waals surface area (Å²) in [4.78, 5) is 0. The fourth-order valence-corrected chi connectivity index (χ4v) is 3.23. The SMILES string of the molecule is OC(c1csc(Br)c1)c1cc2cccc(Cl)c2o1. The van der Waals surface area contributed by atoms with Crippen LogP contribution in [0.25, 0.3) is 11.0 Å². The maximum Gasteiger partial charge on any atom is 0.153 e. The Labute approximate surface area is 121 Å². The van der Waals surface area contributed by atoms with Crippen LogP contribution in [0.4, 0.5) is 0 Å². The molecule has 1 unspecified atom stereocenters. The number of benzene rings is 1. The van der Waals surface area contributed by atoms with Crippen LogP contribution in [0.1, 0.15) is 17.4 Å². The number of hydrogen-bond acceptors (Lipinski definition) is 3. The van der Waals surface area contributed by atoms with Crippen molar-refractivity contribution in [2.45, 2.75) is 6.10 Å². The van der Waals surface area contributed by atoms with E-state index in [1.807, 2.05) is 29.6 Å². The maximum atomic E-state index is 10.2. The molecule has 0 saturated carbocycles. The highest BCUT2D eigenvalue weighted by Gasteiger charge is 2.17. The smallest absolute Gasteiger partial charge is 0.153 e. The second kappa shape index (κ2) is 4.70. The van der Waals surface area contributed by atoms with Crippen molar-refractivity contribution in [3.05, 3.63) is 55.8 Å². The van der Waals surface area contributed by atoms with Crippen molar-refractivity contribution in [3.63, 3.8) is 0 Å². The summed E-state index contributed by atoms with van der Waals surface area (Å²) in [5, 5.41) is 13.6. The van der Waals surface area contributed by atoms with Gasteiger partial charge in [0.2, 0.25) is 0 Å². The molecular formula is C13H8BrClO2S. The van der Waals surface area contributed by atoms with Crippen LogP contribution in [0, 0.1) is 0 Å². The Hall–Kier alpha value is -0.810. The van der Waals surface area contributed by atoms with E-state index in [0.29, 0.717) is 16.4 Å². The van der Waals surface area contributed by atoms with E-state index in [2.05, 4.69) is 15.9 Å². The number of furan rings is 1. The number of aliphatic hydroxyl groups excluding tert-OH is 1. The lowest BCUT2D eigenvalue weighted by Gasteiger charge is -2.03. The highest BCUT2D eigenvalue weighted by Crippen LogP contribution is 2.34. The molecule has 2 nitrogen and oxygen atoms in total. The van der Waals surface area contributed by atoms with E-state index < -0.39 is 6.10 Å². The van der Waals surface area contributed by atoms with E-state index in [0.717, 1.165) is 14.7 Å². The highest BCUT2D eigenvalue weighted by atomic mass is 79.9. The third-order valence-electron chi connectivity index (χ3n) is 2.69. The van der Waals surface area contributed by atoms with Crippen LogP contribution >= 0.6 is 38.9 Å². The molecule has 0 aliphatic rings. The van der Waals surface area contributed by atoms with Crippen LogP contribution in [0.5, 0.6) is 0 Å². The number of aliphatic hydroxyl groups is 1. The first-order valence-corrected chi connectivity index (χ1v) is 7.30. The van der Waals surface area contributed by atoms with Crippen molar-refractivity contribution in [1.82, 2.24) is 0 Å². The number of para-hydroxylation sites is 1. The first-order chi connectivity index (χ1) is 8.65. The van der Waals surface area contributed by atoms with E-state index >= 15 is 0 Å². The second-order valence-corrected chi connectivity index (χ2v) is 6.59. The molecule has 0 saturated heterocycles. The third-order valence-corrected chi connectivity index (χ3v) is 4.51. The molecule has 0 fully saturated rings. The van der Waals surface area contributed by atoms with Gasteiger partial charge in [-0.15, -0.1) is 11.3 Å². The van der Waals surface area contributed by atoms with Crippen LogP contribution < -0.4 is 0 Å². The van der Waals surface area contributed by atoms with Gasteiger partial charge in [-0.05, 0) is 45.1 Å². The minimum atomic E-state index is -0.768. The fourth-order valence-electron chi connectivity index (χ4n) is 1.81. The zero-order chi connectivity index (χ0) is 12.7. The van der Waals surface area contributed by atoms with Gasteiger partial charge in [-0.1, -0.05) is 23.7 Å². The Morgan fingerprint density at radius 3 is 2.83 bits per heavy atom. The van der Waals surface area contributed by atoms with Gasteiger partial charge in [-0.2, -0.15) is 0 Å². The van der Waals surface area contributed by atoms with Crippen LogP contribution in [0.15, 0.2) is 43.9 Å². The molecule has 1 N–H and O–H groups in total. The molecular weight excluding hydrogens is 336 g/mol. The van der Waals surface area contributed by atoms with E-state index in [1.54, 1.807) is 6.07 Å². The fraction of sp³-hybridized carbons (Fsp3) is 0.0769. The highest BCUT2D eigenvalue weighted by molar-refractivity contribution is 9.11. The lowest BCUT2D eigenvalue weighted by Crippen LogP contribution is -1.95. The first kappa shape index (κ1) is 12.2. The van der Waals surface area contributed by atoms with Gasteiger partial charge in [0.25, 0.3) is 0 Å². The minimum Gasteiger partial charge on any atom is -0.456 e. The van der Waals surface area contributed by atoms with Gasteiger partial charge >= 0.3 is 0 Å². The van der Waals surface area contributed by atoms with Gasteiger partial charge in [0.1, 0.15) is 11.9 Å². The molecule has 0 aliphatic heterocycles. The van der Waals surface area contributed by atoms with E-state index in [4.69, 9.17) is 16.0 Å². The van der Waals surface area contributed by atoms with Gasteiger partial charge in [0, 0.05) is 5.39 Å². The standard InChI is InChI=1S/C13H8BrClO2S/c14-11-5-8(6-18-11)12(16)10-4-7-2-1-3-9(15)13(7)17-10/h1-6,12,16H. The largest absolute Gasteiger partial charge is 0.456 e.